The van der Waals surface area contributed by atoms with Crippen molar-refractivity contribution < 1.29 is 17.9 Å². The van der Waals surface area contributed by atoms with E-state index in [-0.39, 0.29) is 10.8 Å². The second-order valence-electron chi connectivity index (χ2n) is 7.64. The van der Waals surface area contributed by atoms with Crippen molar-refractivity contribution in [1.29, 1.82) is 0 Å². The lowest BCUT2D eigenvalue weighted by Gasteiger charge is -2.31. The highest BCUT2D eigenvalue weighted by Gasteiger charge is 2.36. The molecule has 1 N–H and O–H groups in total. The molecule has 31 heavy (non-hydrogen) atoms. The summed E-state index contributed by atoms with van der Waals surface area (Å²) >= 11 is 6.01. The van der Waals surface area contributed by atoms with Crippen molar-refractivity contribution in [2.24, 2.45) is 0 Å². The molecule has 0 saturated carbocycles. The smallest absolute Gasteiger partial charge is 0.243 e. The summed E-state index contributed by atoms with van der Waals surface area (Å²) < 4.78 is 32.2. The van der Waals surface area contributed by atoms with Gasteiger partial charge in [-0.25, -0.2) is 8.42 Å². The Hall–Kier alpha value is -1.93. The molecule has 3 rings (SSSR count). The van der Waals surface area contributed by atoms with Crippen LogP contribution in [0.25, 0.3) is 0 Å². The molecule has 6 nitrogen and oxygen atoms in total. The van der Waals surface area contributed by atoms with Crippen LogP contribution in [0, 0.1) is 0 Å². The number of carbonyl (C=O) groups is 1. The van der Waals surface area contributed by atoms with E-state index in [0.29, 0.717) is 50.7 Å². The monoisotopic (exact) mass is 464 g/mol. The van der Waals surface area contributed by atoms with E-state index in [2.05, 4.69) is 5.32 Å². The summed E-state index contributed by atoms with van der Waals surface area (Å²) in [5.74, 6) is -0.0511. The summed E-state index contributed by atoms with van der Waals surface area (Å²) in [6, 6.07) is 14.1. The summed E-state index contributed by atoms with van der Waals surface area (Å²) in [7, 11) is -3.53. The average Bonchev–Trinajstić information content (AvgIpc) is 2.81. The lowest BCUT2D eigenvalue weighted by Crippen LogP contribution is -2.43. The highest BCUT2D eigenvalue weighted by atomic mass is 35.5. The number of nitrogens with zero attached hydrogens (tertiary/aromatic N) is 1. The summed E-state index contributed by atoms with van der Waals surface area (Å²) in [5, 5.41) is 3.66. The van der Waals surface area contributed by atoms with Crippen LogP contribution in [0.5, 0.6) is 0 Å². The van der Waals surface area contributed by atoms with Crippen LogP contribution >= 0.6 is 11.6 Å². The van der Waals surface area contributed by atoms with E-state index >= 15 is 0 Å². The van der Waals surface area contributed by atoms with Crippen molar-refractivity contribution in [2.45, 2.75) is 43.5 Å². The van der Waals surface area contributed by atoms with Crippen LogP contribution in [-0.4, -0.2) is 44.9 Å². The number of amides is 1. The van der Waals surface area contributed by atoms with Gasteiger partial charge < -0.3 is 10.1 Å². The second-order valence-corrected chi connectivity index (χ2v) is 10.0. The maximum Gasteiger partial charge on any atom is 0.243 e. The van der Waals surface area contributed by atoms with Gasteiger partial charge in [0.15, 0.2) is 0 Å². The van der Waals surface area contributed by atoms with Crippen LogP contribution < -0.4 is 5.32 Å². The molecule has 0 aliphatic carbocycles. The Morgan fingerprint density at radius 1 is 1.03 bits per heavy atom. The van der Waals surface area contributed by atoms with Crippen molar-refractivity contribution in [3.8, 4) is 0 Å². The highest BCUT2D eigenvalue weighted by molar-refractivity contribution is 7.89. The van der Waals surface area contributed by atoms with Crippen LogP contribution in [0.4, 0.5) is 0 Å². The van der Waals surface area contributed by atoms with Gasteiger partial charge in [-0.2, -0.15) is 4.31 Å². The minimum Gasteiger partial charge on any atom is -0.379 e. The first-order chi connectivity index (χ1) is 14.8. The summed E-state index contributed by atoms with van der Waals surface area (Å²) in [5.41, 5.74) is 1.14. The zero-order valence-corrected chi connectivity index (χ0v) is 19.5. The van der Waals surface area contributed by atoms with Crippen LogP contribution in [0.15, 0.2) is 53.4 Å². The Morgan fingerprint density at radius 3 is 2.16 bits per heavy atom. The molecule has 1 saturated heterocycles. The molecule has 1 amide bonds. The number of sulfonamides is 1. The van der Waals surface area contributed by atoms with Gasteiger partial charge >= 0.3 is 0 Å². The van der Waals surface area contributed by atoms with Gasteiger partial charge in [0, 0.05) is 24.7 Å². The molecule has 2 aromatic carbocycles. The zero-order chi connectivity index (χ0) is 22.5. The molecule has 0 bridgehead atoms. The Balaban J connectivity index is 1.70. The number of halogens is 1. The van der Waals surface area contributed by atoms with Crippen molar-refractivity contribution in [2.75, 3.05) is 26.3 Å². The van der Waals surface area contributed by atoms with Gasteiger partial charge in [0.1, 0.15) is 0 Å². The van der Waals surface area contributed by atoms with E-state index in [1.54, 1.807) is 36.4 Å². The van der Waals surface area contributed by atoms with Crippen LogP contribution in [0.1, 0.15) is 37.8 Å². The van der Waals surface area contributed by atoms with Crippen molar-refractivity contribution in [1.82, 2.24) is 9.62 Å². The molecule has 0 atom stereocenters. The zero-order valence-electron chi connectivity index (χ0n) is 17.9. The molecule has 168 valence electrons. The molecule has 1 aliphatic rings. The minimum absolute atomic E-state index is 0.0511. The lowest BCUT2D eigenvalue weighted by atomic mass is 9.75. The number of benzene rings is 2. The van der Waals surface area contributed by atoms with Gasteiger partial charge in [-0.05, 0) is 48.2 Å². The van der Waals surface area contributed by atoms with E-state index in [1.165, 1.54) is 4.31 Å². The molecule has 8 heteroatoms. The minimum atomic E-state index is -3.53. The van der Waals surface area contributed by atoms with E-state index < -0.39 is 15.4 Å². The maximum atomic E-state index is 13.2. The number of hydrogen-bond donors (Lipinski definition) is 1. The first-order valence-electron chi connectivity index (χ1n) is 10.5. The Bertz CT molecular complexity index is 981. The van der Waals surface area contributed by atoms with E-state index in [0.717, 1.165) is 11.1 Å². The maximum absolute atomic E-state index is 13.2. The largest absolute Gasteiger partial charge is 0.379 e. The van der Waals surface area contributed by atoms with Crippen molar-refractivity contribution in [3.63, 3.8) is 0 Å². The van der Waals surface area contributed by atoms with Crippen LogP contribution in [0.2, 0.25) is 5.02 Å². The van der Waals surface area contributed by atoms with Crippen molar-refractivity contribution >= 4 is 27.5 Å². The first-order valence-corrected chi connectivity index (χ1v) is 12.4. The molecule has 1 aliphatic heterocycles. The molecule has 0 aromatic heterocycles. The summed E-state index contributed by atoms with van der Waals surface area (Å²) in [6.07, 6.45) is 1.32. The number of nitrogens with one attached hydrogen (secondary N) is 1. The fraction of sp³-hybridized carbons (Fsp3) is 0.435. The second kappa shape index (κ2) is 10.1. The number of rotatable bonds is 8. The lowest BCUT2D eigenvalue weighted by molar-refractivity contribution is -0.127. The SMILES string of the molecule is CCC(CC)(C(=O)NCc1ccc(S(=O)(=O)N2CCOCC2)cc1)c1ccc(Cl)cc1. The summed E-state index contributed by atoms with van der Waals surface area (Å²) in [4.78, 5) is 13.4. The fourth-order valence-electron chi connectivity index (χ4n) is 3.95. The Kier molecular flexibility index (Phi) is 7.75. The standard InChI is InChI=1S/C23H29ClN2O4S/c1-3-23(4-2,19-7-9-20(24)10-8-19)22(27)25-17-18-5-11-21(12-6-18)31(28,29)26-13-15-30-16-14-26/h5-12H,3-4,13-17H2,1-2H3,(H,25,27). The third-order valence-corrected chi connectivity index (χ3v) is 8.19. The van der Waals surface area contributed by atoms with Crippen molar-refractivity contribution in [3.05, 3.63) is 64.7 Å². The summed E-state index contributed by atoms with van der Waals surface area (Å²) in [6.45, 7) is 5.88. The third kappa shape index (κ3) is 5.12. The highest BCUT2D eigenvalue weighted by Crippen LogP contribution is 2.33. The van der Waals surface area contributed by atoms with E-state index in [1.807, 2.05) is 26.0 Å². The van der Waals surface area contributed by atoms with Gasteiger partial charge in [-0.3, -0.25) is 4.79 Å². The van der Waals surface area contributed by atoms with Gasteiger partial charge in [0.05, 0.1) is 23.5 Å². The molecule has 0 radical (unpaired) electrons. The molecule has 2 aromatic rings. The van der Waals surface area contributed by atoms with Crippen LogP contribution in [-0.2, 0) is 31.5 Å². The molecule has 1 fully saturated rings. The molecule has 0 spiro atoms. The molecule has 1 heterocycles. The first kappa shape index (κ1) is 23.7. The number of ether oxygens (including phenoxy) is 1. The Labute approximate surface area is 189 Å². The number of carbonyl (C=O) groups excluding carboxylic acids is 1. The van der Waals surface area contributed by atoms with E-state index in [9.17, 15) is 13.2 Å². The Morgan fingerprint density at radius 2 is 1.61 bits per heavy atom. The van der Waals surface area contributed by atoms with Gasteiger partial charge in [-0.1, -0.05) is 49.7 Å². The average molecular weight is 465 g/mol. The quantitative estimate of drug-likeness (QED) is 0.645. The predicted molar refractivity (Wildman–Crippen MR) is 122 cm³/mol. The van der Waals surface area contributed by atoms with Gasteiger partial charge in [0.25, 0.3) is 0 Å². The van der Waals surface area contributed by atoms with Crippen LogP contribution in [0.3, 0.4) is 0 Å². The number of morpholine rings is 1. The number of hydrogen-bond acceptors (Lipinski definition) is 4. The molecular weight excluding hydrogens is 436 g/mol. The third-order valence-electron chi connectivity index (χ3n) is 6.02. The molecular formula is C23H29ClN2O4S. The normalized spacial score (nSPS) is 15.6. The van der Waals surface area contributed by atoms with Gasteiger partial charge in [-0.15, -0.1) is 0 Å². The topological polar surface area (TPSA) is 75.7 Å². The van der Waals surface area contributed by atoms with E-state index in [4.69, 9.17) is 16.3 Å². The predicted octanol–water partition coefficient (Wildman–Crippen LogP) is 3.74. The fourth-order valence-corrected chi connectivity index (χ4v) is 5.48. The van der Waals surface area contributed by atoms with Gasteiger partial charge in [0.2, 0.25) is 15.9 Å². The molecule has 0 unspecified atom stereocenters.